The van der Waals surface area contributed by atoms with Crippen LogP contribution in [0.1, 0.15) is 53.4 Å². The van der Waals surface area contributed by atoms with Crippen molar-refractivity contribution in [3.8, 4) is 21.8 Å². The van der Waals surface area contributed by atoms with Gasteiger partial charge in [0.15, 0.2) is 20.8 Å². The minimum Gasteiger partial charge on any atom is -0.444 e. The van der Waals surface area contributed by atoms with Crippen LogP contribution in [0.3, 0.4) is 0 Å². The zero-order valence-corrected chi connectivity index (χ0v) is 28.4. The number of benzene rings is 1. The van der Waals surface area contributed by atoms with Gasteiger partial charge in [-0.15, -0.1) is 0 Å². The van der Waals surface area contributed by atoms with E-state index in [4.69, 9.17) is 14.7 Å². The van der Waals surface area contributed by atoms with Crippen LogP contribution in [0.4, 0.5) is 26.0 Å². The van der Waals surface area contributed by atoms with Crippen LogP contribution < -0.4 is 15.5 Å². The van der Waals surface area contributed by atoms with E-state index in [-0.39, 0.29) is 58.3 Å². The van der Waals surface area contributed by atoms with Gasteiger partial charge in [0.2, 0.25) is 11.9 Å². The number of fused-ring (bicyclic) bond motifs is 2. The number of piperazine rings is 1. The van der Waals surface area contributed by atoms with E-state index in [1.807, 2.05) is 20.8 Å². The van der Waals surface area contributed by atoms with Crippen LogP contribution in [0.2, 0.25) is 0 Å². The van der Waals surface area contributed by atoms with Gasteiger partial charge in [-0.3, -0.25) is 4.79 Å². The Morgan fingerprint density at radius 2 is 1.79 bits per heavy atom. The molecule has 7 rings (SSSR count). The Kier molecular flexibility index (Phi) is 7.69. The maximum atomic E-state index is 16.0. The summed E-state index contributed by atoms with van der Waals surface area (Å²) in [4.78, 5) is 43.6. The van der Waals surface area contributed by atoms with E-state index in [2.05, 4.69) is 20.5 Å². The van der Waals surface area contributed by atoms with Crippen molar-refractivity contribution in [2.24, 2.45) is 5.41 Å². The Balaban J connectivity index is 1.20. The third-order valence-corrected chi connectivity index (χ3v) is 12.4. The highest BCUT2D eigenvalue weighted by molar-refractivity contribution is 7.92. The summed E-state index contributed by atoms with van der Waals surface area (Å²) < 4.78 is 45.1. The minimum atomic E-state index is -2.91. The zero-order valence-electron chi connectivity index (χ0n) is 26.7. The molecule has 3 aliphatic heterocycles. The first-order chi connectivity index (χ1) is 22.2. The molecule has 3 aromatic rings. The molecular formula is C32H38FN7O5S2. The topological polar surface area (TPSA) is 147 Å². The first-order valence-electron chi connectivity index (χ1n) is 15.8. The molecule has 1 aromatic carbocycles. The van der Waals surface area contributed by atoms with Gasteiger partial charge in [-0.1, -0.05) is 17.4 Å². The number of nitrogens with zero attached hydrogens (tertiary/aromatic N) is 5. The van der Waals surface area contributed by atoms with Crippen LogP contribution in [-0.4, -0.2) is 88.6 Å². The SMILES string of the molecule is CC(=O)Nc1cccc(-c2nc(N3C4CCC3CN(C(=O)OC(C)(C)C)C4)sc2-c2ccnc(NC3CC4(C3)CS(=O)(=O)C4)n2)c1F. The molecule has 2 atom stereocenters. The van der Waals surface area contributed by atoms with Crippen molar-refractivity contribution in [1.82, 2.24) is 19.9 Å². The summed E-state index contributed by atoms with van der Waals surface area (Å²) in [6, 6.07) is 6.70. The third-order valence-electron chi connectivity index (χ3n) is 9.17. The molecule has 1 aliphatic carbocycles. The number of nitrogens with one attached hydrogen (secondary N) is 2. The summed E-state index contributed by atoms with van der Waals surface area (Å²) in [5.41, 5.74) is 0.529. The quantitative estimate of drug-likeness (QED) is 0.366. The summed E-state index contributed by atoms with van der Waals surface area (Å²) in [5.74, 6) is -0.0968. The normalized spacial score (nSPS) is 22.8. The number of hydrogen-bond donors (Lipinski definition) is 2. The molecule has 12 nitrogen and oxygen atoms in total. The van der Waals surface area contributed by atoms with Crippen molar-refractivity contribution in [3.05, 3.63) is 36.3 Å². The standard InChI is InChI=1S/C32H38FN7O5S2/c1-18(41)35-23-7-5-6-22(25(23)33)26-27(24-10-11-34-28(37-24)36-19-12-32(13-19)16-47(43,44)17-32)46-29(38-26)40-20-8-9-21(40)15-39(14-20)30(42)45-31(2,3)4/h5-7,10-11,19-21H,8-9,12-17H2,1-4H3,(H,35,41)(H,34,36,37). The van der Waals surface area contributed by atoms with Gasteiger partial charge in [-0.2, -0.15) is 0 Å². The summed E-state index contributed by atoms with van der Waals surface area (Å²) in [6.45, 7) is 7.88. The first-order valence-corrected chi connectivity index (χ1v) is 18.5. The second kappa shape index (κ2) is 11.4. The maximum absolute atomic E-state index is 16.0. The van der Waals surface area contributed by atoms with Crippen LogP contribution >= 0.6 is 11.3 Å². The van der Waals surface area contributed by atoms with Crippen LogP contribution in [0.25, 0.3) is 21.8 Å². The number of carbonyl (C=O) groups excluding carboxylic acids is 2. The predicted octanol–water partition coefficient (Wildman–Crippen LogP) is 4.94. The summed E-state index contributed by atoms with van der Waals surface area (Å²) in [6.07, 6.45) is 4.57. The number of likely N-dealkylation sites (tertiary alicyclic amines) is 1. The molecule has 2 aromatic heterocycles. The summed E-state index contributed by atoms with van der Waals surface area (Å²) in [5, 5.41) is 6.62. The predicted molar refractivity (Wildman–Crippen MR) is 178 cm³/mol. The van der Waals surface area contributed by atoms with Crippen molar-refractivity contribution < 1.29 is 27.1 Å². The molecule has 4 aliphatic rings. The fourth-order valence-electron chi connectivity index (χ4n) is 7.42. The smallest absolute Gasteiger partial charge is 0.410 e. The molecule has 5 heterocycles. The zero-order chi connectivity index (χ0) is 33.3. The molecule has 3 saturated heterocycles. The number of rotatable bonds is 6. The average molecular weight is 684 g/mol. The van der Waals surface area contributed by atoms with Gasteiger partial charge in [0.25, 0.3) is 0 Å². The number of anilines is 3. The lowest BCUT2D eigenvalue weighted by molar-refractivity contribution is -0.114. The van der Waals surface area contributed by atoms with E-state index < -0.39 is 21.3 Å². The number of halogens is 1. The van der Waals surface area contributed by atoms with E-state index in [9.17, 15) is 18.0 Å². The largest absolute Gasteiger partial charge is 0.444 e. The Labute approximate surface area is 277 Å². The Bertz CT molecular complexity index is 1830. The van der Waals surface area contributed by atoms with E-state index in [0.717, 1.165) is 25.7 Å². The number of thiazole rings is 1. The second-order valence-corrected chi connectivity index (χ2v) is 17.3. The number of carbonyl (C=O) groups is 2. The number of ether oxygens (including phenoxy) is 1. The average Bonchev–Trinajstić information content (AvgIpc) is 3.49. The summed E-state index contributed by atoms with van der Waals surface area (Å²) in [7, 11) is -2.91. The van der Waals surface area contributed by atoms with Crippen molar-refractivity contribution in [3.63, 3.8) is 0 Å². The molecule has 2 bridgehead atoms. The molecule has 2 unspecified atom stereocenters. The number of aromatic nitrogens is 3. The molecule has 250 valence electrons. The fourth-order valence-corrected chi connectivity index (χ4v) is 10.9. The molecule has 0 radical (unpaired) electrons. The minimum absolute atomic E-state index is 0.0209. The summed E-state index contributed by atoms with van der Waals surface area (Å²) >= 11 is 1.41. The van der Waals surface area contributed by atoms with Crippen LogP contribution in [-0.2, 0) is 19.4 Å². The van der Waals surface area contributed by atoms with Crippen molar-refractivity contribution in [1.29, 1.82) is 0 Å². The van der Waals surface area contributed by atoms with Crippen molar-refractivity contribution in [2.75, 3.05) is 40.1 Å². The number of amides is 2. The van der Waals surface area contributed by atoms with Gasteiger partial charge in [0.1, 0.15) is 5.60 Å². The van der Waals surface area contributed by atoms with E-state index in [0.29, 0.717) is 40.4 Å². The maximum Gasteiger partial charge on any atom is 0.410 e. The van der Waals surface area contributed by atoms with Gasteiger partial charge in [-0.05, 0) is 64.7 Å². The fraction of sp³-hybridized carbons (Fsp3) is 0.531. The van der Waals surface area contributed by atoms with E-state index >= 15 is 4.39 Å². The Morgan fingerprint density at radius 3 is 2.43 bits per heavy atom. The highest BCUT2D eigenvalue weighted by atomic mass is 32.2. The number of sulfone groups is 1. The van der Waals surface area contributed by atoms with Gasteiger partial charge >= 0.3 is 6.09 Å². The lowest BCUT2D eigenvalue weighted by atomic mass is 9.67. The molecule has 2 amide bonds. The van der Waals surface area contributed by atoms with Gasteiger partial charge in [0, 0.05) is 55.3 Å². The van der Waals surface area contributed by atoms with E-state index in [1.54, 1.807) is 29.3 Å². The first kappa shape index (κ1) is 31.7. The molecule has 47 heavy (non-hydrogen) atoms. The van der Waals surface area contributed by atoms with Crippen molar-refractivity contribution >= 4 is 49.9 Å². The lowest BCUT2D eigenvalue weighted by Gasteiger charge is -2.53. The van der Waals surface area contributed by atoms with Crippen molar-refractivity contribution in [2.45, 2.75) is 77.1 Å². The van der Waals surface area contributed by atoms with Gasteiger partial charge < -0.3 is 25.2 Å². The third kappa shape index (κ3) is 6.26. The molecule has 1 spiro atoms. The van der Waals surface area contributed by atoms with Crippen LogP contribution in [0, 0.1) is 11.2 Å². The van der Waals surface area contributed by atoms with Gasteiger partial charge in [0.05, 0.1) is 33.5 Å². The molecule has 15 heteroatoms. The van der Waals surface area contributed by atoms with E-state index in [1.165, 1.54) is 24.3 Å². The highest BCUT2D eigenvalue weighted by Gasteiger charge is 2.56. The monoisotopic (exact) mass is 683 g/mol. The number of hydrogen-bond acceptors (Lipinski definition) is 11. The molecule has 1 saturated carbocycles. The lowest BCUT2D eigenvalue weighted by Crippen LogP contribution is -2.60. The second-order valence-electron chi connectivity index (χ2n) is 14.2. The Morgan fingerprint density at radius 1 is 1.09 bits per heavy atom. The van der Waals surface area contributed by atoms with Crippen LogP contribution in [0.5, 0.6) is 0 Å². The highest BCUT2D eigenvalue weighted by Crippen LogP contribution is 2.51. The van der Waals surface area contributed by atoms with Gasteiger partial charge in [-0.25, -0.2) is 32.6 Å². The van der Waals surface area contributed by atoms with Crippen LogP contribution in [0.15, 0.2) is 30.5 Å². The molecular weight excluding hydrogens is 646 g/mol. The Hall–Kier alpha value is -3.85. The molecule has 4 fully saturated rings. The molecule has 2 N–H and O–H groups in total.